The second-order valence-electron chi connectivity index (χ2n) is 5.30. The van der Waals surface area contributed by atoms with Crippen molar-refractivity contribution in [3.8, 4) is 0 Å². The van der Waals surface area contributed by atoms with E-state index in [1.165, 1.54) is 45.3 Å². The van der Waals surface area contributed by atoms with Crippen molar-refractivity contribution >= 4 is 0 Å². The second-order valence-corrected chi connectivity index (χ2v) is 5.30. The lowest BCUT2D eigenvalue weighted by Crippen LogP contribution is -2.40. The maximum absolute atomic E-state index is 3.29. The molecule has 0 spiro atoms. The lowest BCUT2D eigenvalue weighted by atomic mass is 9.66. The summed E-state index contributed by atoms with van der Waals surface area (Å²) in [7, 11) is 4.32. The van der Waals surface area contributed by atoms with Crippen molar-refractivity contribution in [2.75, 3.05) is 33.7 Å². The molecule has 2 fully saturated rings. The quantitative estimate of drug-likeness (QED) is 0.737. The fraction of sp³-hybridized carbons (Fsp3) is 1.00. The normalized spacial score (nSPS) is 35.6. The molecular weight excluding hydrogens is 172 g/mol. The van der Waals surface area contributed by atoms with Crippen LogP contribution in [0.4, 0.5) is 0 Å². The van der Waals surface area contributed by atoms with Crippen LogP contribution in [0.2, 0.25) is 0 Å². The first-order chi connectivity index (χ1) is 6.79. The van der Waals surface area contributed by atoms with Crippen molar-refractivity contribution in [2.24, 2.45) is 17.8 Å². The smallest absolute Gasteiger partial charge is 0.00190 e. The van der Waals surface area contributed by atoms with Crippen LogP contribution >= 0.6 is 0 Å². The Bertz CT molecular complexity index is 167. The molecule has 2 heteroatoms. The number of piperidine rings is 1. The van der Waals surface area contributed by atoms with E-state index in [1.54, 1.807) is 0 Å². The number of hydrogen-bond donors (Lipinski definition) is 1. The first kappa shape index (κ1) is 10.4. The third-order valence-electron chi connectivity index (χ3n) is 4.19. The van der Waals surface area contributed by atoms with Gasteiger partial charge in [-0.05, 0) is 77.2 Å². The van der Waals surface area contributed by atoms with Crippen molar-refractivity contribution in [3.63, 3.8) is 0 Å². The van der Waals surface area contributed by atoms with E-state index in [9.17, 15) is 0 Å². The summed E-state index contributed by atoms with van der Waals surface area (Å²) in [5.74, 6) is 3.12. The van der Waals surface area contributed by atoms with Gasteiger partial charge in [-0.3, -0.25) is 0 Å². The predicted octanol–water partition coefficient (Wildman–Crippen LogP) is 1.57. The van der Waals surface area contributed by atoms with Gasteiger partial charge >= 0.3 is 0 Å². The maximum atomic E-state index is 3.29. The fourth-order valence-corrected chi connectivity index (χ4v) is 3.13. The van der Waals surface area contributed by atoms with Gasteiger partial charge in [-0.15, -0.1) is 0 Å². The Hall–Kier alpha value is -0.0800. The molecule has 0 aromatic heterocycles. The van der Waals surface area contributed by atoms with Crippen molar-refractivity contribution in [1.82, 2.24) is 10.2 Å². The van der Waals surface area contributed by atoms with E-state index in [0.717, 1.165) is 17.8 Å². The standard InChI is InChI=1S/C12H24N2/c1-13-9-10-7-12(8-10)11-3-5-14(2)6-4-11/h10-13H,3-9H2,1-2H3. The number of hydrogen-bond acceptors (Lipinski definition) is 2. The van der Waals surface area contributed by atoms with Crippen molar-refractivity contribution < 1.29 is 0 Å². The van der Waals surface area contributed by atoms with Gasteiger partial charge in [0.05, 0.1) is 0 Å². The zero-order valence-corrected chi connectivity index (χ0v) is 9.63. The van der Waals surface area contributed by atoms with Crippen LogP contribution in [0.1, 0.15) is 25.7 Å². The zero-order valence-electron chi connectivity index (χ0n) is 9.63. The molecule has 2 aliphatic rings. The minimum atomic E-state index is 0.990. The molecule has 2 nitrogen and oxygen atoms in total. The monoisotopic (exact) mass is 196 g/mol. The maximum Gasteiger partial charge on any atom is -0.00190 e. The van der Waals surface area contributed by atoms with Crippen LogP contribution in [-0.4, -0.2) is 38.6 Å². The first-order valence-electron chi connectivity index (χ1n) is 6.12. The number of nitrogens with one attached hydrogen (secondary N) is 1. The Morgan fingerprint density at radius 3 is 2.36 bits per heavy atom. The Kier molecular flexibility index (Phi) is 3.45. The van der Waals surface area contributed by atoms with Crippen LogP contribution in [-0.2, 0) is 0 Å². The van der Waals surface area contributed by atoms with E-state index in [1.807, 2.05) is 0 Å². The predicted molar refractivity (Wildman–Crippen MR) is 60.4 cm³/mol. The molecule has 82 valence electrons. The summed E-state index contributed by atoms with van der Waals surface area (Å²) in [5.41, 5.74) is 0. The summed E-state index contributed by atoms with van der Waals surface area (Å²) in [6, 6.07) is 0. The number of rotatable bonds is 3. The number of nitrogens with zero attached hydrogens (tertiary/aromatic N) is 1. The molecule has 1 N–H and O–H groups in total. The van der Waals surface area contributed by atoms with E-state index >= 15 is 0 Å². The molecule has 0 unspecified atom stereocenters. The molecule has 0 amide bonds. The van der Waals surface area contributed by atoms with E-state index in [-0.39, 0.29) is 0 Å². The highest BCUT2D eigenvalue weighted by atomic mass is 15.1. The molecule has 1 saturated heterocycles. The third kappa shape index (κ3) is 2.29. The van der Waals surface area contributed by atoms with Crippen molar-refractivity contribution in [3.05, 3.63) is 0 Å². The molecule has 1 aliphatic heterocycles. The highest BCUT2D eigenvalue weighted by Crippen LogP contribution is 2.42. The summed E-state index contributed by atoms with van der Waals surface area (Å²) < 4.78 is 0. The molecule has 2 rings (SSSR count). The molecular formula is C12H24N2. The number of likely N-dealkylation sites (tertiary alicyclic amines) is 1. The van der Waals surface area contributed by atoms with Gasteiger partial charge in [-0.25, -0.2) is 0 Å². The average Bonchev–Trinajstić information content (AvgIpc) is 2.13. The summed E-state index contributed by atoms with van der Waals surface area (Å²) in [5, 5.41) is 3.29. The van der Waals surface area contributed by atoms with Crippen LogP contribution < -0.4 is 5.32 Å². The third-order valence-corrected chi connectivity index (χ3v) is 4.19. The molecule has 1 aliphatic carbocycles. The molecule has 0 atom stereocenters. The summed E-state index contributed by atoms with van der Waals surface area (Å²) in [6.45, 7) is 3.90. The van der Waals surface area contributed by atoms with Gasteiger partial charge < -0.3 is 10.2 Å². The highest BCUT2D eigenvalue weighted by molar-refractivity contribution is 4.87. The van der Waals surface area contributed by atoms with Gasteiger partial charge in [0.1, 0.15) is 0 Å². The van der Waals surface area contributed by atoms with E-state index in [0.29, 0.717) is 0 Å². The van der Waals surface area contributed by atoms with Gasteiger partial charge in [-0.1, -0.05) is 0 Å². The average molecular weight is 196 g/mol. The Morgan fingerprint density at radius 2 is 1.79 bits per heavy atom. The summed E-state index contributed by atoms with van der Waals surface area (Å²) in [4.78, 5) is 2.47. The molecule has 0 aromatic rings. The summed E-state index contributed by atoms with van der Waals surface area (Å²) >= 11 is 0. The second kappa shape index (κ2) is 4.63. The van der Waals surface area contributed by atoms with Gasteiger partial charge in [0.25, 0.3) is 0 Å². The van der Waals surface area contributed by atoms with Crippen LogP contribution in [0, 0.1) is 17.8 Å². The lowest BCUT2D eigenvalue weighted by Gasteiger charge is -2.43. The van der Waals surface area contributed by atoms with Gasteiger partial charge in [-0.2, -0.15) is 0 Å². The topological polar surface area (TPSA) is 15.3 Å². The van der Waals surface area contributed by atoms with E-state index < -0.39 is 0 Å². The van der Waals surface area contributed by atoms with Crippen LogP contribution in [0.25, 0.3) is 0 Å². The lowest BCUT2D eigenvalue weighted by molar-refractivity contribution is 0.0771. The van der Waals surface area contributed by atoms with E-state index in [2.05, 4.69) is 24.3 Å². The van der Waals surface area contributed by atoms with Crippen LogP contribution in [0.5, 0.6) is 0 Å². The van der Waals surface area contributed by atoms with Gasteiger partial charge in [0.15, 0.2) is 0 Å². The first-order valence-corrected chi connectivity index (χ1v) is 6.12. The van der Waals surface area contributed by atoms with Gasteiger partial charge in [0, 0.05) is 0 Å². The molecule has 0 radical (unpaired) electrons. The largest absolute Gasteiger partial charge is 0.319 e. The van der Waals surface area contributed by atoms with Crippen LogP contribution in [0.3, 0.4) is 0 Å². The van der Waals surface area contributed by atoms with Crippen LogP contribution in [0.15, 0.2) is 0 Å². The molecule has 1 heterocycles. The minimum Gasteiger partial charge on any atom is -0.319 e. The molecule has 14 heavy (non-hydrogen) atoms. The Labute approximate surface area is 88.1 Å². The van der Waals surface area contributed by atoms with Gasteiger partial charge in [0.2, 0.25) is 0 Å². The molecule has 0 aromatic carbocycles. The van der Waals surface area contributed by atoms with Crippen molar-refractivity contribution in [2.45, 2.75) is 25.7 Å². The van der Waals surface area contributed by atoms with Crippen molar-refractivity contribution in [1.29, 1.82) is 0 Å². The summed E-state index contributed by atoms with van der Waals surface area (Å²) in [6.07, 6.45) is 5.89. The van der Waals surface area contributed by atoms with E-state index in [4.69, 9.17) is 0 Å². The molecule has 0 bridgehead atoms. The fourth-order valence-electron chi connectivity index (χ4n) is 3.13. The highest BCUT2D eigenvalue weighted by Gasteiger charge is 2.35. The Morgan fingerprint density at radius 1 is 1.14 bits per heavy atom. The molecule has 1 saturated carbocycles. The zero-order chi connectivity index (χ0) is 9.97. The minimum absolute atomic E-state index is 0.990. The Balaban J connectivity index is 1.67. The SMILES string of the molecule is CNCC1CC(C2CCN(C)CC2)C1.